The third-order valence-electron chi connectivity index (χ3n) is 2.76. The topological polar surface area (TPSA) is 55.8 Å². The van der Waals surface area contributed by atoms with Crippen molar-refractivity contribution in [2.45, 2.75) is 19.1 Å². The lowest BCUT2D eigenvalue weighted by molar-refractivity contribution is -0.136. The van der Waals surface area contributed by atoms with Crippen molar-refractivity contribution in [1.29, 1.82) is 0 Å². The van der Waals surface area contributed by atoms with E-state index in [1.165, 1.54) is 6.08 Å². The standard InChI is InChI=1S/C14H16O4/c1-10-9-12(15)14(18-8-7-17-10)13(16)11-5-3-2-4-6-11/h2-6,9,13-14,16H,7-8H2,1H3. The molecule has 1 aliphatic heterocycles. The van der Waals surface area contributed by atoms with Crippen molar-refractivity contribution in [2.75, 3.05) is 13.2 Å². The molecule has 0 saturated heterocycles. The zero-order valence-electron chi connectivity index (χ0n) is 10.2. The van der Waals surface area contributed by atoms with Crippen molar-refractivity contribution in [3.05, 3.63) is 47.7 Å². The Bertz CT molecular complexity index is 438. The molecule has 2 atom stereocenters. The van der Waals surface area contributed by atoms with E-state index < -0.39 is 12.2 Å². The molecule has 4 heteroatoms. The molecule has 0 radical (unpaired) electrons. The molecule has 96 valence electrons. The van der Waals surface area contributed by atoms with E-state index in [0.717, 1.165) is 0 Å². The number of ether oxygens (including phenoxy) is 2. The number of hydrogen-bond acceptors (Lipinski definition) is 4. The Labute approximate surface area is 106 Å². The summed E-state index contributed by atoms with van der Waals surface area (Å²) in [7, 11) is 0. The smallest absolute Gasteiger partial charge is 0.190 e. The summed E-state index contributed by atoms with van der Waals surface area (Å²) >= 11 is 0. The number of benzene rings is 1. The number of aliphatic hydroxyl groups excluding tert-OH is 1. The van der Waals surface area contributed by atoms with Crippen LogP contribution in [0.2, 0.25) is 0 Å². The molecule has 4 nitrogen and oxygen atoms in total. The molecule has 1 N–H and O–H groups in total. The predicted octanol–water partition coefficient (Wildman–Crippen LogP) is 1.61. The van der Waals surface area contributed by atoms with Gasteiger partial charge in [-0.15, -0.1) is 0 Å². The molecule has 1 aliphatic rings. The first kappa shape index (κ1) is 12.8. The second kappa shape index (κ2) is 5.80. The highest BCUT2D eigenvalue weighted by Gasteiger charge is 2.28. The molecule has 1 aromatic carbocycles. The minimum atomic E-state index is -0.958. The van der Waals surface area contributed by atoms with Crippen LogP contribution >= 0.6 is 0 Å². The zero-order valence-corrected chi connectivity index (χ0v) is 10.2. The maximum atomic E-state index is 12.0. The maximum Gasteiger partial charge on any atom is 0.190 e. The van der Waals surface area contributed by atoms with E-state index in [0.29, 0.717) is 17.9 Å². The summed E-state index contributed by atoms with van der Waals surface area (Å²) in [4.78, 5) is 12.0. The first-order valence-electron chi connectivity index (χ1n) is 5.88. The van der Waals surface area contributed by atoms with Crippen LogP contribution in [0.3, 0.4) is 0 Å². The predicted molar refractivity (Wildman–Crippen MR) is 65.9 cm³/mol. The van der Waals surface area contributed by atoms with E-state index in [4.69, 9.17) is 9.47 Å². The van der Waals surface area contributed by atoms with Gasteiger partial charge in [-0.2, -0.15) is 0 Å². The number of carbonyl (C=O) groups is 1. The molecule has 0 aromatic heterocycles. The van der Waals surface area contributed by atoms with Crippen molar-refractivity contribution in [3.63, 3.8) is 0 Å². The quantitative estimate of drug-likeness (QED) is 0.864. The van der Waals surface area contributed by atoms with Crippen molar-refractivity contribution >= 4 is 5.78 Å². The Balaban J connectivity index is 2.20. The van der Waals surface area contributed by atoms with Gasteiger partial charge in [-0.3, -0.25) is 4.79 Å². The molecule has 2 rings (SSSR count). The fourth-order valence-corrected chi connectivity index (χ4v) is 1.86. The van der Waals surface area contributed by atoms with Gasteiger partial charge >= 0.3 is 0 Å². The summed E-state index contributed by atoms with van der Waals surface area (Å²) in [5, 5.41) is 10.2. The molecule has 2 unspecified atom stereocenters. The number of ketones is 1. The van der Waals surface area contributed by atoms with Gasteiger partial charge in [0.25, 0.3) is 0 Å². The van der Waals surface area contributed by atoms with Crippen LogP contribution in [0, 0.1) is 0 Å². The SMILES string of the molecule is CC1=CC(=O)C(C(O)c2ccccc2)OCCO1. The fraction of sp³-hybridized carbons (Fsp3) is 0.357. The lowest BCUT2D eigenvalue weighted by Gasteiger charge is -2.23. The Morgan fingerprint density at radius 1 is 1.28 bits per heavy atom. The highest BCUT2D eigenvalue weighted by molar-refractivity contribution is 5.94. The molecule has 18 heavy (non-hydrogen) atoms. The molecule has 0 fully saturated rings. The molecule has 0 spiro atoms. The van der Waals surface area contributed by atoms with Gasteiger partial charge in [0, 0.05) is 6.08 Å². The molecular weight excluding hydrogens is 232 g/mol. The number of carbonyl (C=O) groups excluding carboxylic acids is 1. The second-order valence-corrected chi connectivity index (χ2v) is 4.15. The summed E-state index contributed by atoms with van der Waals surface area (Å²) in [5.74, 6) is 0.275. The van der Waals surface area contributed by atoms with Crippen LogP contribution in [-0.2, 0) is 14.3 Å². The summed E-state index contributed by atoms with van der Waals surface area (Å²) in [6.45, 7) is 2.38. The monoisotopic (exact) mass is 248 g/mol. The van der Waals surface area contributed by atoms with Gasteiger partial charge in [0.1, 0.15) is 18.8 Å². The number of aliphatic hydroxyl groups is 1. The van der Waals surface area contributed by atoms with Crippen LogP contribution in [0.5, 0.6) is 0 Å². The Kier molecular flexibility index (Phi) is 4.12. The van der Waals surface area contributed by atoms with Crippen LogP contribution in [0.15, 0.2) is 42.2 Å². The third kappa shape index (κ3) is 2.97. The van der Waals surface area contributed by atoms with E-state index in [1.54, 1.807) is 19.1 Å². The summed E-state index contributed by atoms with van der Waals surface area (Å²) < 4.78 is 10.6. The summed E-state index contributed by atoms with van der Waals surface area (Å²) in [5.41, 5.74) is 0.670. The van der Waals surface area contributed by atoms with Crippen LogP contribution in [0.1, 0.15) is 18.6 Å². The number of hydrogen-bond donors (Lipinski definition) is 1. The number of allylic oxidation sites excluding steroid dienone is 1. The maximum absolute atomic E-state index is 12.0. The lowest BCUT2D eigenvalue weighted by atomic mass is 10.0. The first-order chi connectivity index (χ1) is 8.68. The summed E-state index contributed by atoms with van der Waals surface area (Å²) in [6.07, 6.45) is -0.456. The van der Waals surface area contributed by atoms with Gasteiger partial charge < -0.3 is 14.6 Å². The Morgan fingerprint density at radius 3 is 2.72 bits per heavy atom. The van der Waals surface area contributed by atoms with E-state index in [-0.39, 0.29) is 12.4 Å². The molecule has 0 saturated carbocycles. The van der Waals surface area contributed by atoms with Gasteiger partial charge in [0.05, 0.1) is 12.4 Å². The largest absolute Gasteiger partial charge is 0.496 e. The number of rotatable bonds is 2. The molecular formula is C14H16O4. The van der Waals surface area contributed by atoms with Gasteiger partial charge in [-0.25, -0.2) is 0 Å². The average Bonchev–Trinajstić information content (AvgIpc) is 2.37. The highest BCUT2D eigenvalue weighted by Crippen LogP contribution is 2.21. The van der Waals surface area contributed by atoms with Gasteiger partial charge in [-0.1, -0.05) is 30.3 Å². The molecule has 0 bridgehead atoms. The van der Waals surface area contributed by atoms with Crippen LogP contribution in [0.4, 0.5) is 0 Å². The lowest BCUT2D eigenvalue weighted by Crippen LogP contribution is -2.32. The third-order valence-corrected chi connectivity index (χ3v) is 2.76. The van der Waals surface area contributed by atoms with Crippen molar-refractivity contribution in [3.8, 4) is 0 Å². The molecule has 0 aliphatic carbocycles. The van der Waals surface area contributed by atoms with Crippen LogP contribution < -0.4 is 0 Å². The van der Waals surface area contributed by atoms with Gasteiger partial charge in [-0.05, 0) is 12.5 Å². The second-order valence-electron chi connectivity index (χ2n) is 4.15. The minimum absolute atomic E-state index is 0.274. The Hall–Kier alpha value is -1.65. The molecule has 0 amide bonds. The molecule has 1 heterocycles. The summed E-state index contributed by atoms with van der Waals surface area (Å²) in [6, 6.07) is 9.03. The van der Waals surface area contributed by atoms with Crippen molar-refractivity contribution < 1.29 is 19.4 Å². The van der Waals surface area contributed by atoms with E-state index in [1.807, 2.05) is 18.2 Å². The Morgan fingerprint density at radius 2 is 2.00 bits per heavy atom. The van der Waals surface area contributed by atoms with Crippen LogP contribution in [-0.4, -0.2) is 30.2 Å². The van der Waals surface area contributed by atoms with Gasteiger partial charge in [0.2, 0.25) is 0 Å². The van der Waals surface area contributed by atoms with Crippen molar-refractivity contribution in [2.24, 2.45) is 0 Å². The van der Waals surface area contributed by atoms with Crippen LogP contribution in [0.25, 0.3) is 0 Å². The zero-order chi connectivity index (χ0) is 13.0. The van der Waals surface area contributed by atoms with Gasteiger partial charge in [0.15, 0.2) is 5.78 Å². The average molecular weight is 248 g/mol. The van der Waals surface area contributed by atoms with E-state index in [9.17, 15) is 9.90 Å². The van der Waals surface area contributed by atoms with E-state index in [2.05, 4.69) is 0 Å². The first-order valence-corrected chi connectivity index (χ1v) is 5.88. The normalized spacial score (nSPS) is 22.4. The fourth-order valence-electron chi connectivity index (χ4n) is 1.86. The minimum Gasteiger partial charge on any atom is -0.496 e. The molecule has 1 aromatic rings. The highest BCUT2D eigenvalue weighted by atomic mass is 16.5. The van der Waals surface area contributed by atoms with E-state index >= 15 is 0 Å². The van der Waals surface area contributed by atoms with Crippen molar-refractivity contribution in [1.82, 2.24) is 0 Å².